The SMILES string of the molecule is O=C[C@@H]1CCN(C(=O)OCc2ccc([N+](=O)[O-])cc2)C1. The van der Waals surface area contributed by atoms with E-state index in [2.05, 4.69) is 0 Å². The quantitative estimate of drug-likeness (QED) is 0.475. The zero-order valence-electron chi connectivity index (χ0n) is 10.7. The molecule has 0 N–H and O–H groups in total. The molecule has 0 unspecified atom stereocenters. The summed E-state index contributed by atoms with van der Waals surface area (Å²) in [6.07, 6.45) is 1.05. The second kappa shape index (κ2) is 6.14. The molecule has 20 heavy (non-hydrogen) atoms. The molecule has 0 aromatic heterocycles. The molecule has 7 nitrogen and oxygen atoms in total. The normalized spacial score (nSPS) is 17.8. The van der Waals surface area contributed by atoms with Gasteiger partial charge in [0.05, 0.1) is 4.92 Å². The zero-order chi connectivity index (χ0) is 14.5. The minimum absolute atomic E-state index is 0.00607. The Balaban J connectivity index is 1.84. The Bertz CT molecular complexity index is 514. The summed E-state index contributed by atoms with van der Waals surface area (Å²) in [6.45, 7) is 0.962. The highest BCUT2D eigenvalue weighted by atomic mass is 16.6. The van der Waals surface area contributed by atoms with Gasteiger partial charge in [0.1, 0.15) is 12.9 Å². The number of carbonyl (C=O) groups is 2. The molecule has 0 bridgehead atoms. The van der Waals surface area contributed by atoms with E-state index in [4.69, 9.17) is 4.74 Å². The standard InChI is InChI=1S/C13H14N2O5/c16-8-11-5-6-14(7-11)13(17)20-9-10-1-3-12(4-2-10)15(18)19/h1-4,8,11H,5-7,9H2/t11-/m1/s1. The molecule has 0 radical (unpaired) electrons. The van der Waals surface area contributed by atoms with Crippen molar-refractivity contribution in [3.8, 4) is 0 Å². The van der Waals surface area contributed by atoms with Crippen LogP contribution in [0.1, 0.15) is 12.0 Å². The van der Waals surface area contributed by atoms with Crippen LogP contribution in [-0.2, 0) is 16.1 Å². The Labute approximate surface area is 115 Å². The fourth-order valence-corrected chi connectivity index (χ4v) is 2.01. The minimum Gasteiger partial charge on any atom is -0.445 e. The molecular weight excluding hydrogens is 264 g/mol. The molecule has 1 aromatic carbocycles. The first-order valence-corrected chi connectivity index (χ1v) is 6.20. The molecule has 0 aliphatic carbocycles. The molecule has 1 atom stereocenters. The third-order valence-corrected chi connectivity index (χ3v) is 3.18. The lowest BCUT2D eigenvalue weighted by atomic mass is 10.1. The predicted octanol–water partition coefficient (Wildman–Crippen LogP) is 1.75. The molecule has 2 rings (SSSR count). The lowest BCUT2D eigenvalue weighted by Gasteiger charge is -2.15. The van der Waals surface area contributed by atoms with Crippen molar-refractivity contribution >= 4 is 18.1 Å². The largest absolute Gasteiger partial charge is 0.445 e. The Hall–Kier alpha value is -2.44. The average molecular weight is 278 g/mol. The van der Waals surface area contributed by atoms with Crippen molar-refractivity contribution in [1.29, 1.82) is 0 Å². The van der Waals surface area contributed by atoms with E-state index in [0.717, 1.165) is 6.29 Å². The number of nitro benzene ring substituents is 1. The summed E-state index contributed by atoms with van der Waals surface area (Å²) in [5, 5.41) is 10.5. The van der Waals surface area contributed by atoms with Crippen LogP contribution in [0.5, 0.6) is 0 Å². The highest BCUT2D eigenvalue weighted by Gasteiger charge is 2.26. The van der Waals surface area contributed by atoms with Crippen LogP contribution >= 0.6 is 0 Å². The van der Waals surface area contributed by atoms with Gasteiger partial charge in [-0.3, -0.25) is 10.1 Å². The number of amides is 1. The summed E-state index contributed by atoms with van der Waals surface area (Å²) in [5.41, 5.74) is 0.670. The van der Waals surface area contributed by atoms with Crippen molar-refractivity contribution < 1.29 is 19.2 Å². The van der Waals surface area contributed by atoms with Crippen LogP contribution in [0.15, 0.2) is 24.3 Å². The fraction of sp³-hybridized carbons (Fsp3) is 0.385. The van der Waals surface area contributed by atoms with Crippen molar-refractivity contribution in [2.75, 3.05) is 13.1 Å². The molecule has 1 heterocycles. The minimum atomic E-state index is -0.487. The van der Waals surface area contributed by atoms with Gasteiger partial charge in [-0.15, -0.1) is 0 Å². The summed E-state index contributed by atoms with van der Waals surface area (Å²) in [4.78, 5) is 33.8. The van der Waals surface area contributed by atoms with Gasteiger partial charge in [-0.25, -0.2) is 4.79 Å². The lowest BCUT2D eigenvalue weighted by Crippen LogP contribution is -2.29. The molecule has 1 amide bonds. The van der Waals surface area contributed by atoms with Gasteiger partial charge in [-0.05, 0) is 24.1 Å². The number of hydrogen-bond donors (Lipinski definition) is 0. The number of rotatable bonds is 4. The maximum absolute atomic E-state index is 11.7. The smallest absolute Gasteiger partial charge is 0.410 e. The van der Waals surface area contributed by atoms with Gasteiger partial charge in [0, 0.05) is 31.1 Å². The van der Waals surface area contributed by atoms with E-state index in [-0.39, 0.29) is 18.2 Å². The van der Waals surface area contributed by atoms with Crippen molar-refractivity contribution in [2.24, 2.45) is 5.92 Å². The van der Waals surface area contributed by atoms with Gasteiger partial charge in [0.25, 0.3) is 5.69 Å². The van der Waals surface area contributed by atoms with Crippen molar-refractivity contribution in [3.05, 3.63) is 39.9 Å². The van der Waals surface area contributed by atoms with Crippen LogP contribution in [0.25, 0.3) is 0 Å². The number of nitrogens with zero attached hydrogens (tertiary/aromatic N) is 2. The maximum Gasteiger partial charge on any atom is 0.410 e. The first kappa shape index (κ1) is 14.0. The number of aldehydes is 1. The molecule has 1 aliphatic rings. The third kappa shape index (κ3) is 3.31. The van der Waals surface area contributed by atoms with E-state index >= 15 is 0 Å². The second-order valence-corrected chi connectivity index (χ2v) is 4.61. The molecule has 0 saturated carbocycles. The van der Waals surface area contributed by atoms with E-state index in [1.54, 1.807) is 12.1 Å². The topological polar surface area (TPSA) is 89.8 Å². The maximum atomic E-state index is 11.7. The Morgan fingerprint density at radius 2 is 2.15 bits per heavy atom. The molecule has 1 fully saturated rings. The predicted molar refractivity (Wildman–Crippen MR) is 69.0 cm³/mol. The van der Waals surface area contributed by atoms with Gasteiger partial charge in [0.15, 0.2) is 0 Å². The fourth-order valence-electron chi connectivity index (χ4n) is 2.01. The molecule has 0 spiro atoms. The molecule has 7 heteroatoms. The number of nitro groups is 1. The highest BCUT2D eigenvalue weighted by molar-refractivity contribution is 5.69. The second-order valence-electron chi connectivity index (χ2n) is 4.61. The van der Waals surface area contributed by atoms with Gasteiger partial charge in [-0.1, -0.05) is 0 Å². The van der Waals surface area contributed by atoms with Gasteiger partial charge in [-0.2, -0.15) is 0 Å². The van der Waals surface area contributed by atoms with Crippen LogP contribution in [0.4, 0.5) is 10.5 Å². The van der Waals surface area contributed by atoms with E-state index in [9.17, 15) is 19.7 Å². The van der Waals surface area contributed by atoms with Gasteiger partial charge < -0.3 is 14.4 Å². The van der Waals surface area contributed by atoms with E-state index in [0.29, 0.717) is 25.1 Å². The molecule has 1 aromatic rings. The van der Waals surface area contributed by atoms with E-state index < -0.39 is 11.0 Å². The van der Waals surface area contributed by atoms with Gasteiger partial charge >= 0.3 is 6.09 Å². The summed E-state index contributed by atoms with van der Waals surface area (Å²) < 4.78 is 5.11. The van der Waals surface area contributed by atoms with Crippen LogP contribution in [0.2, 0.25) is 0 Å². The zero-order valence-corrected chi connectivity index (χ0v) is 10.7. The molecular formula is C13H14N2O5. The van der Waals surface area contributed by atoms with E-state index in [1.165, 1.54) is 17.0 Å². The third-order valence-electron chi connectivity index (χ3n) is 3.18. The first-order valence-electron chi connectivity index (χ1n) is 6.20. The van der Waals surface area contributed by atoms with Crippen molar-refractivity contribution in [3.63, 3.8) is 0 Å². The van der Waals surface area contributed by atoms with Crippen LogP contribution < -0.4 is 0 Å². The first-order chi connectivity index (χ1) is 9.60. The Kier molecular flexibility index (Phi) is 4.29. The highest BCUT2D eigenvalue weighted by Crippen LogP contribution is 2.16. The summed E-state index contributed by atoms with van der Waals surface area (Å²) in [5.74, 6) is -0.109. The number of non-ortho nitro benzene ring substituents is 1. The van der Waals surface area contributed by atoms with Crippen LogP contribution in [-0.4, -0.2) is 35.3 Å². The summed E-state index contributed by atoms with van der Waals surface area (Å²) >= 11 is 0. The van der Waals surface area contributed by atoms with Gasteiger partial charge in [0.2, 0.25) is 0 Å². The number of carbonyl (C=O) groups excluding carboxylic acids is 2. The summed E-state index contributed by atoms with van der Waals surface area (Å²) in [6, 6.07) is 5.82. The number of ether oxygens (including phenoxy) is 1. The monoisotopic (exact) mass is 278 g/mol. The average Bonchev–Trinajstić information content (AvgIpc) is 2.94. The van der Waals surface area contributed by atoms with Crippen molar-refractivity contribution in [1.82, 2.24) is 4.90 Å². The lowest BCUT2D eigenvalue weighted by molar-refractivity contribution is -0.384. The van der Waals surface area contributed by atoms with Crippen LogP contribution in [0, 0.1) is 16.0 Å². The molecule has 106 valence electrons. The number of hydrogen-bond acceptors (Lipinski definition) is 5. The number of likely N-dealkylation sites (tertiary alicyclic amines) is 1. The Morgan fingerprint density at radius 3 is 2.70 bits per heavy atom. The van der Waals surface area contributed by atoms with Crippen molar-refractivity contribution in [2.45, 2.75) is 13.0 Å². The Morgan fingerprint density at radius 1 is 1.45 bits per heavy atom. The van der Waals surface area contributed by atoms with Crippen LogP contribution in [0.3, 0.4) is 0 Å². The summed E-state index contributed by atoms with van der Waals surface area (Å²) in [7, 11) is 0. The van der Waals surface area contributed by atoms with E-state index in [1.807, 2.05) is 0 Å². The molecule has 1 saturated heterocycles. The number of benzene rings is 1. The molecule has 1 aliphatic heterocycles.